The summed E-state index contributed by atoms with van der Waals surface area (Å²) >= 11 is 0. The molecule has 0 spiro atoms. The molecule has 6 heteroatoms. The number of aliphatic hydroxyl groups is 1. The number of carbonyl (C=O) groups excluding carboxylic acids is 1. The molecule has 0 aromatic heterocycles. The molecule has 0 saturated carbocycles. The molecule has 2 atom stereocenters. The van der Waals surface area contributed by atoms with Crippen molar-refractivity contribution in [3.05, 3.63) is 35.4 Å². The van der Waals surface area contributed by atoms with E-state index in [-0.39, 0.29) is 30.3 Å². The molecule has 5 nitrogen and oxygen atoms in total. The highest BCUT2D eigenvalue weighted by molar-refractivity contribution is 5.88. The number of halogens is 1. The van der Waals surface area contributed by atoms with Gasteiger partial charge in [-0.05, 0) is 30.9 Å². The number of hydrogen-bond acceptors (Lipinski definition) is 4. The van der Waals surface area contributed by atoms with Crippen LogP contribution in [0.1, 0.15) is 24.0 Å². The Morgan fingerprint density at radius 1 is 1.33 bits per heavy atom. The third-order valence-corrected chi connectivity index (χ3v) is 5.27. The summed E-state index contributed by atoms with van der Waals surface area (Å²) in [6, 6.07) is 8.12. The molecule has 3 rings (SSSR count). The van der Waals surface area contributed by atoms with Crippen LogP contribution in [0.4, 0.5) is 0 Å². The predicted octanol–water partition coefficient (Wildman–Crippen LogP) is 1.16. The predicted molar refractivity (Wildman–Crippen MR) is 95.5 cm³/mol. The zero-order valence-electron chi connectivity index (χ0n) is 14.1. The third kappa shape index (κ3) is 3.75. The largest absolute Gasteiger partial charge is 0.391 e. The Kier molecular flexibility index (Phi) is 6.63. The third-order valence-electron chi connectivity index (χ3n) is 5.27. The molecule has 2 aliphatic rings. The molecule has 0 aliphatic carbocycles. The van der Waals surface area contributed by atoms with Crippen LogP contribution in [0.15, 0.2) is 24.3 Å². The van der Waals surface area contributed by atoms with Gasteiger partial charge in [0.2, 0.25) is 5.91 Å². The zero-order valence-corrected chi connectivity index (χ0v) is 14.9. The van der Waals surface area contributed by atoms with Crippen LogP contribution in [0.3, 0.4) is 0 Å². The van der Waals surface area contributed by atoms with Crippen LogP contribution in [0.25, 0.3) is 0 Å². The Hall–Kier alpha value is -1.14. The fourth-order valence-corrected chi connectivity index (χ4v) is 3.77. The first-order chi connectivity index (χ1) is 11.1. The van der Waals surface area contributed by atoms with Crippen molar-refractivity contribution in [1.29, 1.82) is 0 Å². The van der Waals surface area contributed by atoms with Crippen LogP contribution in [-0.2, 0) is 14.9 Å². The normalized spacial score (nSPS) is 25.8. The Morgan fingerprint density at radius 3 is 2.67 bits per heavy atom. The van der Waals surface area contributed by atoms with E-state index in [1.807, 2.05) is 12.1 Å². The summed E-state index contributed by atoms with van der Waals surface area (Å²) in [6.45, 7) is 5.15. The van der Waals surface area contributed by atoms with Gasteiger partial charge in [-0.25, -0.2) is 0 Å². The summed E-state index contributed by atoms with van der Waals surface area (Å²) in [6.07, 6.45) is 1.03. The van der Waals surface area contributed by atoms with E-state index in [2.05, 4.69) is 29.7 Å². The van der Waals surface area contributed by atoms with Gasteiger partial charge < -0.3 is 20.5 Å². The highest BCUT2D eigenvalue weighted by atomic mass is 35.5. The maximum Gasteiger partial charge on any atom is 0.230 e. The standard InChI is InChI=1S/C18H26N2O3.ClH/c1-13-4-2-3-5-15(13)18(6-8-23-9-7-18)17(22)20-11-14-10-19-12-16(14)21;/h2-5,14,16,19,21H,6-12H2,1H3,(H,20,22);1H. The van der Waals surface area contributed by atoms with Gasteiger partial charge in [0.15, 0.2) is 0 Å². The number of nitrogens with one attached hydrogen (secondary N) is 2. The highest BCUT2D eigenvalue weighted by Crippen LogP contribution is 2.37. The lowest BCUT2D eigenvalue weighted by atomic mass is 9.71. The summed E-state index contributed by atoms with van der Waals surface area (Å²) in [5.74, 6) is 0.155. The number of hydrogen-bond donors (Lipinski definition) is 3. The lowest BCUT2D eigenvalue weighted by Crippen LogP contribution is -2.50. The monoisotopic (exact) mass is 354 g/mol. The van der Waals surface area contributed by atoms with Gasteiger partial charge in [-0.2, -0.15) is 0 Å². The fraction of sp³-hybridized carbons (Fsp3) is 0.611. The van der Waals surface area contributed by atoms with Gasteiger partial charge in [0.05, 0.1) is 11.5 Å². The second-order valence-corrected chi connectivity index (χ2v) is 6.71. The van der Waals surface area contributed by atoms with E-state index in [1.54, 1.807) is 0 Å². The van der Waals surface area contributed by atoms with Crippen molar-refractivity contribution < 1.29 is 14.6 Å². The first-order valence-corrected chi connectivity index (χ1v) is 8.44. The van der Waals surface area contributed by atoms with Crippen LogP contribution in [-0.4, -0.2) is 50.0 Å². The molecular formula is C18H27ClN2O3. The number of ether oxygens (including phenoxy) is 1. The summed E-state index contributed by atoms with van der Waals surface area (Å²) in [7, 11) is 0. The van der Waals surface area contributed by atoms with Crippen molar-refractivity contribution in [2.24, 2.45) is 5.92 Å². The lowest BCUT2D eigenvalue weighted by molar-refractivity contribution is -0.130. The van der Waals surface area contributed by atoms with E-state index in [4.69, 9.17) is 4.74 Å². The fourth-order valence-electron chi connectivity index (χ4n) is 3.77. The molecule has 24 heavy (non-hydrogen) atoms. The van der Waals surface area contributed by atoms with Gasteiger partial charge in [-0.15, -0.1) is 12.4 Å². The number of β-amino-alcohol motifs (C(OH)–C–C–N with tert-alkyl or cyclic N) is 1. The Bertz CT molecular complexity index is 561. The number of amides is 1. The second kappa shape index (κ2) is 8.30. The molecule has 1 aromatic carbocycles. The summed E-state index contributed by atoms with van der Waals surface area (Å²) < 4.78 is 5.50. The maximum atomic E-state index is 13.1. The smallest absolute Gasteiger partial charge is 0.230 e. The molecule has 2 aliphatic heterocycles. The van der Waals surface area contributed by atoms with Crippen LogP contribution in [0.2, 0.25) is 0 Å². The van der Waals surface area contributed by atoms with Crippen LogP contribution < -0.4 is 10.6 Å². The van der Waals surface area contributed by atoms with Gasteiger partial charge in [0, 0.05) is 38.8 Å². The minimum atomic E-state index is -0.513. The number of benzene rings is 1. The van der Waals surface area contributed by atoms with Crippen molar-refractivity contribution in [1.82, 2.24) is 10.6 Å². The summed E-state index contributed by atoms with van der Waals surface area (Å²) in [4.78, 5) is 13.1. The van der Waals surface area contributed by atoms with E-state index >= 15 is 0 Å². The lowest BCUT2D eigenvalue weighted by Gasteiger charge is -2.37. The molecule has 2 fully saturated rings. The molecule has 2 unspecified atom stereocenters. The van der Waals surface area contributed by atoms with Crippen LogP contribution in [0, 0.1) is 12.8 Å². The van der Waals surface area contributed by atoms with E-state index in [0.29, 0.717) is 39.1 Å². The summed E-state index contributed by atoms with van der Waals surface area (Å²) in [5, 5.41) is 16.2. The van der Waals surface area contributed by atoms with Gasteiger partial charge in [-0.3, -0.25) is 4.79 Å². The highest BCUT2D eigenvalue weighted by Gasteiger charge is 2.42. The molecule has 134 valence electrons. The SMILES string of the molecule is Cc1ccccc1C1(C(=O)NCC2CNCC2O)CCOCC1.Cl. The number of aryl methyl sites for hydroxylation is 1. The Labute approximate surface area is 149 Å². The average Bonchev–Trinajstić information content (AvgIpc) is 2.99. The molecular weight excluding hydrogens is 328 g/mol. The van der Waals surface area contributed by atoms with E-state index in [0.717, 1.165) is 17.7 Å². The number of aliphatic hydroxyl groups excluding tert-OH is 1. The number of carbonyl (C=O) groups is 1. The molecule has 1 amide bonds. The topological polar surface area (TPSA) is 70.6 Å². The quantitative estimate of drug-likeness (QED) is 0.759. The maximum absolute atomic E-state index is 13.1. The average molecular weight is 355 g/mol. The minimum Gasteiger partial charge on any atom is -0.391 e. The van der Waals surface area contributed by atoms with Crippen molar-refractivity contribution >= 4 is 18.3 Å². The van der Waals surface area contributed by atoms with Gasteiger partial charge in [0.1, 0.15) is 0 Å². The van der Waals surface area contributed by atoms with Crippen LogP contribution >= 0.6 is 12.4 Å². The first kappa shape index (κ1) is 19.2. The van der Waals surface area contributed by atoms with Crippen molar-refractivity contribution in [2.75, 3.05) is 32.8 Å². The first-order valence-electron chi connectivity index (χ1n) is 8.44. The van der Waals surface area contributed by atoms with Crippen molar-refractivity contribution in [2.45, 2.75) is 31.3 Å². The van der Waals surface area contributed by atoms with E-state index in [1.165, 1.54) is 0 Å². The van der Waals surface area contributed by atoms with Crippen molar-refractivity contribution in [3.8, 4) is 0 Å². The molecule has 1 aromatic rings. The van der Waals surface area contributed by atoms with Crippen LogP contribution in [0.5, 0.6) is 0 Å². The minimum absolute atomic E-state index is 0. The molecule has 0 radical (unpaired) electrons. The van der Waals surface area contributed by atoms with Gasteiger partial charge >= 0.3 is 0 Å². The number of rotatable bonds is 4. The second-order valence-electron chi connectivity index (χ2n) is 6.71. The summed E-state index contributed by atoms with van der Waals surface area (Å²) in [5.41, 5.74) is 1.73. The van der Waals surface area contributed by atoms with E-state index < -0.39 is 5.41 Å². The van der Waals surface area contributed by atoms with E-state index in [9.17, 15) is 9.90 Å². The molecule has 3 N–H and O–H groups in total. The Morgan fingerprint density at radius 2 is 2.04 bits per heavy atom. The molecule has 2 saturated heterocycles. The molecule has 2 heterocycles. The zero-order chi connectivity index (χ0) is 16.3. The van der Waals surface area contributed by atoms with Gasteiger partial charge in [-0.1, -0.05) is 24.3 Å². The van der Waals surface area contributed by atoms with Crippen molar-refractivity contribution in [3.63, 3.8) is 0 Å². The molecule has 0 bridgehead atoms. The van der Waals surface area contributed by atoms with Gasteiger partial charge in [0.25, 0.3) is 0 Å². The Balaban J connectivity index is 0.00000208.